The van der Waals surface area contributed by atoms with Crippen LogP contribution < -0.4 is 0 Å². The van der Waals surface area contributed by atoms with Gasteiger partial charge in [-0.15, -0.1) is 0 Å². The Morgan fingerprint density at radius 1 is 1.29 bits per heavy atom. The molecular weight excluding hydrogens is 213 g/mol. The normalized spacial score (nSPS) is 12.2. The molecule has 2 aromatic rings. The fraction of sp³-hybridized carbons (Fsp3) is 0.125. The summed E-state index contributed by atoms with van der Waals surface area (Å²) in [4.78, 5) is 6.83. The average Bonchev–Trinajstić information content (AvgIpc) is 2.47. The first kappa shape index (κ1) is 9.39. The van der Waals surface area contributed by atoms with Crippen LogP contribution in [0.5, 0.6) is 0 Å². The van der Waals surface area contributed by atoms with Crippen LogP contribution in [0, 0.1) is 0 Å². The molecule has 1 heterocycles. The minimum absolute atomic E-state index is 0.129. The van der Waals surface area contributed by atoms with Crippen LogP contribution in [0.15, 0.2) is 29.4 Å². The number of nitrogens with one attached hydrogen (secondary N) is 1. The predicted molar refractivity (Wildman–Crippen MR) is 48.0 cm³/mol. The number of hydrogen-bond acceptors (Lipinski definition) is 2. The Kier molecular flexibility index (Phi) is 2.14. The summed E-state index contributed by atoms with van der Waals surface area (Å²) in [6.45, 7) is 0. The summed E-state index contributed by atoms with van der Waals surface area (Å²) in [5, 5.41) is 0. The molecule has 0 amide bonds. The van der Waals surface area contributed by atoms with E-state index in [0.717, 1.165) is 0 Å². The Balaban J connectivity index is 2.35. The standard InChI is InChI=1S/C8H5F3N2S/c9-8(10,11)14-5-1-2-6-7(3-5)13-4-12-6/h1-4H,(H,12,13). The van der Waals surface area contributed by atoms with E-state index in [-0.39, 0.29) is 16.7 Å². The Labute approximate surface area is 81.5 Å². The SMILES string of the molecule is FC(F)(F)Sc1ccc2nc[nH]c2c1. The number of H-pyrrole nitrogens is 1. The van der Waals surface area contributed by atoms with Crippen LogP contribution in [-0.4, -0.2) is 15.5 Å². The monoisotopic (exact) mass is 218 g/mol. The van der Waals surface area contributed by atoms with Crippen molar-refractivity contribution in [2.75, 3.05) is 0 Å². The number of aromatic nitrogens is 2. The molecule has 0 aliphatic rings. The maximum atomic E-state index is 12.0. The third-order valence-electron chi connectivity index (χ3n) is 1.63. The molecule has 0 atom stereocenters. The first-order chi connectivity index (χ1) is 6.54. The topological polar surface area (TPSA) is 28.7 Å². The van der Waals surface area contributed by atoms with Crippen molar-refractivity contribution in [3.8, 4) is 0 Å². The molecule has 0 aliphatic carbocycles. The molecule has 74 valence electrons. The number of halogens is 3. The van der Waals surface area contributed by atoms with Gasteiger partial charge >= 0.3 is 5.51 Å². The summed E-state index contributed by atoms with van der Waals surface area (Å²) in [6.07, 6.45) is 1.45. The number of fused-ring (bicyclic) bond motifs is 1. The highest BCUT2D eigenvalue weighted by Crippen LogP contribution is 2.37. The van der Waals surface area contributed by atoms with Crippen molar-refractivity contribution < 1.29 is 13.2 Å². The molecule has 6 heteroatoms. The first-order valence-corrected chi connectivity index (χ1v) is 4.55. The van der Waals surface area contributed by atoms with Gasteiger partial charge in [0.05, 0.1) is 17.4 Å². The Morgan fingerprint density at radius 3 is 2.79 bits per heavy atom. The van der Waals surface area contributed by atoms with Crippen molar-refractivity contribution in [3.05, 3.63) is 24.5 Å². The number of rotatable bonds is 1. The van der Waals surface area contributed by atoms with E-state index in [0.29, 0.717) is 11.0 Å². The third-order valence-corrected chi connectivity index (χ3v) is 2.35. The molecule has 1 N–H and O–H groups in total. The van der Waals surface area contributed by atoms with E-state index in [1.54, 1.807) is 6.07 Å². The molecule has 0 spiro atoms. The maximum absolute atomic E-state index is 12.0. The zero-order chi connectivity index (χ0) is 10.2. The number of thioether (sulfide) groups is 1. The van der Waals surface area contributed by atoms with Crippen LogP contribution in [0.4, 0.5) is 13.2 Å². The summed E-state index contributed by atoms with van der Waals surface area (Å²) in [5.41, 5.74) is -2.97. The smallest absolute Gasteiger partial charge is 0.345 e. The van der Waals surface area contributed by atoms with Gasteiger partial charge in [0.15, 0.2) is 0 Å². The molecule has 0 saturated carbocycles. The van der Waals surface area contributed by atoms with Gasteiger partial charge in [0.2, 0.25) is 0 Å². The van der Waals surface area contributed by atoms with Gasteiger partial charge in [-0.3, -0.25) is 0 Å². The van der Waals surface area contributed by atoms with Gasteiger partial charge in [0.1, 0.15) is 0 Å². The van der Waals surface area contributed by atoms with Gasteiger partial charge in [-0.2, -0.15) is 13.2 Å². The summed E-state index contributed by atoms with van der Waals surface area (Å²) < 4.78 is 36.0. The maximum Gasteiger partial charge on any atom is 0.446 e. The minimum Gasteiger partial charge on any atom is -0.345 e. The third kappa shape index (κ3) is 2.01. The van der Waals surface area contributed by atoms with Crippen LogP contribution in [0.2, 0.25) is 0 Å². The van der Waals surface area contributed by atoms with Gasteiger partial charge in [0.25, 0.3) is 0 Å². The zero-order valence-electron chi connectivity index (χ0n) is 6.80. The van der Waals surface area contributed by atoms with Gasteiger partial charge in [0, 0.05) is 4.90 Å². The molecule has 0 aliphatic heterocycles. The number of nitrogens with zero attached hydrogens (tertiary/aromatic N) is 1. The predicted octanol–water partition coefficient (Wildman–Crippen LogP) is 3.17. The quantitative estimate of drug-likeness (QED) is 0.745. The number of benzene rings is 1. The Morgan fingerprint density at radius 2 is 2.07 bits per heavy atom. The molecule has 2 rings (SSSR count). The lowest BCUT2D eigenvalue weighted by molar-refractivity contribution is -0.0328. The number of imidazole rings is 1. The van der Waals surface area contributed by atoms with Gasteiger partial charge < -0.3 is 4.98 Å². The molecule has 14 heavy (non-hydrogen) atoms. The summed E-state index contributed by atoms with van der Waals surface area (Å²) in [5.74, 6) is 0. The highest BCUT2D eigenvalue weighted by Gasteiger charge is 2.29. The Hall–Kier alpha value is -1.17. The highest BCUT2D eigenvalue weighted by atomic mass is 32.2. The zero-order valence-corrected chi connectivity index (χ0v) is 7.62. The van der Waals surface area contributed by atoms with Crippen molar-refractivity contribution >= 4 is 22.8 Å². The molecule has 0 unspecified atom stereocenters. The summed E-state index contributed by atoms with van der Waals surface area (Å²) >= 11 is -0.129. The lowest BCUT2D eigenvalue weighted by atomic mass is 10.3. The lowest BCUT2D eigenvalue weighted by Gasteiger charge is -2.04. The molecule has 1 aromatic carbocycles. The number of hydrogen-bond donors (Lipinski definition) is 1. The van der Waals surface area contributed by atoms with Crippen LogP contribution in [0.25, 0.3) is 11.0 Å². The van der Waals surface area contributed by atoms with Crippen LogP contribution >= 0.6 is 11.8 Å². The molecule has 0 radical (unpaired) electrons. The number of aromatic amines is 1. The van der Waals surface area contributed by atoms with E-state index in [1.807, 2.05) is 0 Å². The second-order valence-electron chi connectivity index (χ2n) is 2.63. The average molecular weight is 218 g/mol. The lowest BCUT2D eigenvalue weighted by Crippen LogP contribution is -1.98. The van der Waals surface area contributed by atoms with E-state index in [4.69, 9.17) is 0 Å². The molecule has 0 bridgehead atoms. The van der Waals surface area contributed by atoms with E-state index < -0.39 is 5.51 Å². The van der Waals surface area contributed by atoms with Crippen LogP contribution in [0.1, 0.15) is 0 Å². The largest absolute Gasteiger partial charge is 0.446 e. The van der Waals surface area contributed by atoms with Crippen molar-refractivity contribution in [3.63, 3.8) is 0 Å². The van der Waals surface area contributed by atoms with Crippen molar-refractivity contribution in [2.45, 2.75) is 10.4 Å². The molecular formula is C8H5F3N2S. The highest BCUT2D eigenvalue weighted by molar-refractivity contribution is 8.00. The van der Waals surface area contributed by atoms with E-state index in [2.05, 4.69) is 9.97 Å². The second kappa shape index (κ2) is 3.20. The molecule has 1 aromatic heterocycles. The van der Waals surface area contributed by atoms with Gasteiger partial charge in [-0.25, -0.2) is 4.98 Å². The molecule has 2 nitrogen and oxygen atoms in total. The molecule has 0 fully saturated rings. The summed E-state index contributed by atoms with van der Waals surface area (Å²) in [7, 11) is 0. The minimum atomic E-state index is -4.24. The fourth-order valence-electron chi connectivity index (χ4n) is 1.11. The summed E-state index contributed by atoms with van der Waals surface area (Å²) in [6, 6.07) is 4.39. The van der Waals surface area contributed by atoms with Crippen LogP contribution in [-0.2, 0) is 0 Å². The Bertz CT molecular complexity index is 449. The van der Waals surface area contributed by atoms with Gasteiger partial charge in [-0.05, 0) is 30.0 Å². The van der Waals surface area contributed by atoms with Gasteiger partial charge in [-0.1, -0.05) is 0 Å². The van der Waals surface area contributed by atoms with E-state index in [1.165, 1.54) is 18.5 Å². The van der Waals surface area contributed by atoms with Crippen LogP contribution in [0.3, 0.4) is 0 Å². The van der Waals surface area contributed by atoms with Crippen molar-refractivity contribution in [1.82, 2.24) is 9.97 Å². The van der Waals surface area contributed by atoms with Crippen molar-refractivity contribution in [2.24, 2.45) is 0 Å². The van der Waals surface area contributed by atoms with Crippen molar-refractivity contribution in [1.29, 1.82) is 0 Å². The fourth-order valence-corrected chi connectivity index (χ4v) is 1.69. The number of alkyl halides is 3. The van der Waals surface area contributed by atoms with E-state index in [9.17, 15) is 13.2 Å². The first-order valence-electron chi connectivity index (χ1n) is 3.73. The van der Waals surface area contributed by atoms with E-state index >= 15 is 0 Å². The molecule has 0 saturated heterocycles. The second-order valence-corrected chi connectivity index (χ2v) is 3.77.